The fourth-order valence-electron chi connectivity index (χ4n) is 1.70. The molecule has 1 heterocycles. The van der Waals surface area contributed by atoms with Crippen LogP contribution in [0.5, 0.6) is 0 Å². The zero-order valence-electron chi connectivity index (χ0n) is 8.39. The molecule has 0 fully saturated rings. The van der Waals surface area contributed by atoms with Crippen LogP contribution in [0.4, 0.5) is 0 Å². The number of benzene rings is 1. The number of nitrogens with two attached hydrogens (primary N) is 1. The summed E-state index contributed by atoms with van der Waals surface area (Å²) in [7, 11) is 0. The highest BCUT2D eigenvalue weighted by Gasteiger charge is 2.06. The third-order valence-electron chi connectivity index (χ3n) is 2.47. The van der Waals surface area contributed by atoms with Crippen LogP contribution < -0.4 is 5.73 Å². The minimum absolute atomic E-state index is 0.624. The summed E-state index contributed by atoms with van der Waals surface area (Å²) in [4.78, 5) is 3.18. The maximum Gasteiger partial charge on any atom is 0.0475 e. The lowest BCUT2D eigenvalue weighted by atomic mass is 10.0. The molecular formula is C12H13ClN2. The molecule has 0 saturated carbocycles. The van der Waals surface area contributed by atoms with Crippen molar-refractivity contribution < 1.29 is 0 Å². The molecule has 0 amide bonds. The maximum absolute atomic E-state index is 5.91. The van der Waals surface area contributed by atoms with Gasteiger partial charge in [0.05, 0.1) is 0 Å². The molecule has 0 unspecified atom stereocenters. The van der Waals surface area contributed by atoms with Crippen LogP contribution >= 0.6 is 11.6 Å². The molecule has 0 aliphatic rings. The summed E-state index contributed by atoms with van der Waals surface area (Å²) in [5, 5.41) is 1.89. The average Bonchev–Trinajstić information content (AvgIpc) is 2.60. The van der Waals surface area contributed by atoms with Gasteiger partial charge in [-0.3, -0.25) is 0 Å². The molecule has 1 aromatic carbocycles. The third-order valence-corrected chi connectivity index (χ3v) is 2.71. The zero-order valence-corrected chi connectivity index (χ0v) is 9.14. The largest absolute Gasteiger partial charge is 0.361 e. The molecule has 78 valence electrons. The van der Waals surface area contributed by atoms with Crippen molar-refractivity contribution in [1.82, 2.24) is 4.98 Å². The summed E-state index contributed by atoms with van der Waals surface area (Å²) in [6.07, 6.45) is 2.77. The van der Waals surface area contributed by atoms with E-state index >= 15 is 0 Å². The number of rotatable bonds is 3. The standard InChI is InChI=1S/C12H13ClN2/c1-8(4-5-14)11-7-15-12-6-9(13)2-3-10(11)12/h2-3,6-7,15H,1,4-5,14H2. The van der Waals surface area contributed by atoms with Gasteiger partial charge in [0.1, 0.15) is 0 Å². The second-order valence-electron chi connectivity index (χ2n) is 3.53. The number of hydrogen-bond acceptors (Lipinski definition) is 1. The van der Waals surface area contributed by atoms with Gasteiger partial charge in [0.2, 0.25) is 0 Å². The Morgan fingerprint density at radius 1 is 1.47 bits per heavy atom. The quantitative estimate of drug-likeness (QED) is 0.820. The van der Waals surface area contributed by atoms with Crippen molar-refractivity contribution in [1.29, 1.82) is 0 Å². The lowest BCUT2D eigenvalue weighted by molar-refractivity contribution is 1.03. The lowest BCUT2D eigenvalue weighted by Crippen LogP contribution is -1.98. The van der Waals surface area contributed by atoms with E-state index in [0.29, 0.717) is 6.54 Å². The predicted octanol–water partition coefficient (Wildman–Crippen LogP) is 3.18. The molecule has 0 atom stereocenters. The molecule has 0 saturated heterocycles. The topological polar surface area (TPSA) is 41.8 Å². The van der Waals surface area contributed by atoms with Gasteiger partial charge in [0.25, 0.3) is 0 Å². The van der Waals surface area contributed by atoms with Gasteiger partial charge in [-0.15, -0.1) is 0 Å². The van der Waals surface area contributed by atoms with E-state index in [0.717, 1.165) is 33.5 Å². The number of hydrogen-bond donors (Lipinski definition) is 2. The van der Waals surface area contributed by atoms with E-state index in [1.807, 2.05) is 24.4 Å². The molecule has 2 aromatic rings. The Bertz CT molecular complexity index is 499. The van der Waals surface area contributed by atoms with E-state index in [-0.39, 0.29) is 0 Å². The highest BCUT2D eigenvalue weighted by atomic mass is 35.5. The van der Waals surface area contributed by atoms with E-state index in [9.17, 15) is 0 Å². The van der Waals surface area contributed by atoms with Crippen molar-refractivity contribution >= 4 is 28.1 Å². The van der Waals surface area contributed by atoms with Crippen LogP contribution in [0.15, 0.2) is 31.0 Å². The molecule has 3 N–H and O–H groups in total. The monoisotopic (exact) mass is 220 g/mol. The molecule has 0 spiro atoms. The third kappa shape index (κ3) is 1.91. The summed E-state index contributed by atoms with van der Waals surface area (Å²) in [6, 6.07) is 5.80. The Labute approximate surface area is 93.7 Å². The Morgan fingerprint density at radius 3 is 3.00 bits per heavy atom. The summed E-state index contributed by atoms with van der Waals surface area (Å²) in [6.45, 7) is 4.65. The first-order chi connectivity index (χ1) is 7.22. The number of nitrogens with one attached hydrogen (secondary N) is 1. The van der Waals surface area contributed by atoms with Crippen molar-refractivity contribution in [2.45, 2.75) is 6.42 Å². The second kappa shape index (κ2) is 4.09. The fraction of sp³-hybridized carbons (Fsp3) is 0.167. The van der Waals surface area contributed by atoms with Gasteiger partial charge in [0.15, 0.2) is 0 Å². The normalized spacial score (nSPS) is 10.8. The van der Waals surface area contributed by atoms with Crippen molar-refractivity contribution in [3.63, 3.8) is 0 Å². The van der Waals surface area contributed by atoms with Crippen LogP contribution in [0.2, 0.25) is 5.02 Å². The minimum Gasteiger partial charge on any atom is -0.361 e. The lowest BCUT2D eigenvalue weighted by Gasteiger charge is -2.01. The van der Waals surface area contributed by atoms with Gasteiger partial charge in [0, 0.05) is 27.7 Å². The predicted molar refractivity (Wildman–Crippen MR) is 66.0 cm³/mol. The Hall–Kier alpha value is -1.25. The van der Waals surface area contributed by atoms with Gasteiger partial charge >= 0.3 is 0 Å². The highest BCUT2D eigenvalue weighted by molar-refractivity contribution is 6.31. The van der Waals surface area contributed by atoms with E-state index in [2.05, 4.69) is 11.6 Å². The van der Waals surface area contributed by atoms with Gasteiger partial charge < -0.3 is 10.7 Å². The first kappa shape index (κ1) is 10.3. The summed E-state index contributed by atoms with van der Waals surface area (Å²) in [5.41, 5.74) is 8.74. The Morgan fingerprint density at radius 2 is 2.27 bits per heavy atom. The van der Waals surface area contributed by atoms with E-state index in [4.69, 9.17) is 17.3 Å². The van der Waals surface area contributed by atoms with Crippen molar-refractivity contribution in [3.8, 4) is 0 Å². The molecule has 0 bridgehead atoms. The van der Waals surface area contributed by atoms with Crippen LogP contribution in [0.1, 0.15) is 12.0 Å². The van der Waals surface area contributed by atoms with Crippen molar-refractivity contribution in [3.05, 3.63) is 41.6 Å². The van der Waals surface area contributed by atoms with Crippen LogP contribution in [0.25, 0.3) is 16.5 Å². The van der Waals surface area contributed by atoms with Crippen molar-refractivity contribution in [2.24, 2.45) is 5.73 Å². The number of halogens is 1. The SMILES string of the molecule is C=C(CCN)c1c[nH]c2cc(Cl)ccc12. The van der Waals surface area contributed by atoms with Gasteiger partial charge in [-0.05, 0) is 30.7 Å². The first-order valence-corrected chi connectivity index (χ1v) is 5.25. The number of fused-ring (bicyclic) bond motifs is 1. The number of aromatic amines is 1. The summed E-state index contributed by atoms with van der Waals surface area (Å²) < 4.78 is 0. The fourth-order valence-corrected chi connectivity index (χ4v) is 1.87. The van der Waals surface area contributed by atoms with Crippen LogP contribution in [-0.4, -0.2) is 11.5 Å². The van der Waals surface area contributed by atoms with Gasteiger partial charge in [-0.2, -0.15) is 0 Å². The van der Waals surface area contributed by atoms with Gasteiger partial charge in [-0.25, -0.2) is 0 Å². The van der Waals surface area contributed by atoms with Gasteiger partial charge in [-0.1, -0.05) is 24.2 Å². The van der Waals surface area contributed by atoms with Crippen LogP contribution in [0, 0.1) is 0 Å². The molecule has 0 aliphatic heterocycles. The summed E-state index contributed by atoms with van der Waals surface area (Å²) >= 11 is 5.91. The van der Waals surface area contributed by atoms with E-state index < -0.39 is 0 Å². The maximum atomic E-state index is 5.91. The minimum atomic E-state index is 0.624. The molecule has 1 aromatic heterocycles. The molecule has 15 heavy (non-hydrogen) atoms. The molecule has 2 rings (SSSR count). The number of H-pyrrole nitrogens is 1. The smallest absolute Gasteiger partial charge is 0.0475 e. The molecule has 0 radical (unpaired) electrons. The highest BCUT2D eigenvalue weighted by Crippen LogP contribution is 2.27. The Kier molecular flexibility index (Phi) is 2.80. The van der Waals surface area contributed by atoms with E-state index in [1.165, 1.54) is 0 Å². The molecule has 3 heteroatoms. The Balaban J connectivity index is 2.49. The van der Waals surface area contributed by atoms with E-state index in [1.54, 1.807) is 0 Å². The average molecular weight is 221 g/mol. The van der Waals surface area contributed by atoms with Crippen LogP contribution in [-0.2, 0) is 0 Å². The summed E-state index contributed by atoms with van der Waals surface area (Å²) in [5.74, 6) is 0. The number of aromatic nitrogens is 1. The van der Waals surface area contributed by atoms with Crippen molar-refractivity contribution in [2.75, 3.05) is 6.54 Å². The van der Waals surface area contributed by atoms with Crippen LogP contribution in [0.3, 0.4) is 0 Å². The molecular weight excluding hydrogens is 208 g/mol. The molecule has 2 nitrogen and oxygen atoms in total. The molecule has 0 aliphatic carbocycles. The zero-order chi connectivity index (χ0) is 10.8. The second-order valence-corrected chi connectivity index (χ2v) is 3.97. The first-order valence-electron chi connectivity index (χ1n) is 4.87.